The van der Waals surface area contributed by atoms with Crippen molar-refractivity contribution in [2.45, 2.75) is 13.8 Å². The van der Waals surface area contributed by atoms with Gasteiger partial charge in [-0.15, -0.1) is 16.4 Å². The lowest BCUT2D eigenvalue weighted by molar-refractivity contribution is 1.10. The summed E-state index contributed by atoms with van der Waals surface area (Å²) in [6.07, 6.45) is 9.87. The SMILES string of the molecule is [B]c1nnc(C(/C=C/C)=C/C=C\C)s1. The molecule has 0 N–H and O–H groups in total. The lowest BCUT2D eigenvalue weighted by Gasteiger charge is -1.92. The summed E-state index contributed by atoms with van der Waals surface area (Å²) < 4.78 is 0. The van der Waals surface area contributed by atoms with Crippen LogP contribution in [0.1, 0.15) is 18.9 Å². The van der Waals surface area contributed by atoms with Crippen LogP contribution in [-0.2, 0) is 0 Å². The summed E-state index contributed by atoms with van der Waals surface area (Å²) in [5, 5.41) is 8.60. The summed E-state index contributed by atoms with van der Waals surface area (Å²) in [5.74, 6) is 0. The van der Waals surface area contributed by atoms with Crippen LogP contribution in [0.2, 0.25) is 0 Å². The predicted octanol–water partition coefficient (Wildman–Crippen LogP) is 1.87. The number of aromatic nitrogens is 2. The minimum atomic E-state index is 0.496. The molecule has 0 saturated heterocycles. The quantitative estimate of drug-likeness (QED) is 0.552. The molecule has 1 aromatic rings. The molecule has 2 nitrogen and oxygen atoms in total. The maximum Gasteiger partial charge on any atom is 0.159 e. The van der Waals surface area contributed by atoms with Gasteiger partial charge in [-0.25, -0.2) is 0 Å². The van der Waals surface area contributed by atoms with Crippen molar-refractivity contribution in [1.82, 2.24) is 10.2 Å². The van der Waals surface area contributed by atoms with Crippen molar-refractivity contribution < 1.29 is 0 Å². The molecule has 4 heteroatoms. The Kier molecular flexibility index (Phi) is 4.33. The van der Waals surface area contributed by atoms with Crippen molar-refractivity contribution in [2.75, 3.05) is 0 Å². The van der Waals surface area contributed by atoms with Gasteiger partial charge in [-0.3, -0.25) is 0 Å². The monoisotopic (exact) mass is 202 g/mol. The fraction of sp³-hybridized carbons (Fsp3) is 0.200. The minimum absolute atomic E-state index is 0.496. The molecule has 0 aliphatic rings. The Morgan fingerprint density at radius 2 is 2.07 bits per heavy atom. The first-order chi connectivity index (χ1) is 6.77. The molecule has 0 aliphatic carbocycles. The Hall–Kier alpha value is -1.16. The standard InChI is InChI=1S/C10H11BN2S/c1-3-5-7-8(6-4-2)9-12-13-10(11)14-9/h3-7H,1-2H3/b5-3-,6-4+,8-7+. The van der Waals surface area contributed by atoms with Gasteiger partial charge in [0.25, 0.3) is 0 Å². The second kappa shape index (κ2) is 5.55. The smallest absolute Gasteiger partial charge is 0.155 e. The largest absolute Gasteiger partial charge is 0.159 e. The van der Waals surface area contributed by atoms with Gasteiger partial charge in [-0.2, -0.15) is 5.10 Å². The Labute approximate surface area is 89.5 Å². The molecule has 1 aromatic heterocycles. The number of hydrogen-bond donors (Lipinski definition) is 0. The summed E-state index contributed by atoms with van der Waals surface area (Å²) in [5.41, 5.74) is 1.03. The normalized spacial score (nSPS) is 13.1. The topological polar surface area (TPSA) is 25.8 Å². The molecule has 0 fully saturated rings. The third-order valence-electron chi connectivity index (χ3n) is 1.50. The molecule has 0 bridgehead atoms. The first kappa shape index (κ1) is 10.9. The number of hydrogen-bond acceptors (Lipinski definition) is 3. The van der Waals surface area contributed by atoms with E-state index in [1.807, 2.05) is 44.2 Å². The van der Waals surface area contributed by atoms with Crippen LogP contribution in [0, 0.1) is 0 Å². The highest BCUT2D eigenvalue weighted by Crippen LogP contribution is 2.15. The zero-order valence-electron chi connectivity index (χ0n) is 8.27. The molecule has 0 unspecified atom stereocenters. The van der Waals surface area contributed by atoms with Crippen LogP contribution in [0.15, 0.2) is 30.4 Å². The van der Waals surface area contributed by atoms with Crippen molar-refractivity contribution in [2.24, 2.45) is 0 Å². The summed E-state index contributed by atoms with van der Waals surface area (Å²) in [4.78, 5) is 0.496. The fourth-order valence-electron chi connectivity index (χ4n) is 0.929. The molecule has 1 heterocycles. The molecule has 2 radical (unpaired) electrons. The molecule has 0 saturated carbocycles. The third kappa shape index (κ3) is 2.96. The van der Waals surface area contributed by atoms with E-state index in [9.17, 15) is 0 Å². The second-order valence-electron chi connectivity index (χ2n) is 2.59. The molecule has 0 aromatic carbocycles. The molecular formula is C10H11BN2S. The van der Waals surface area contributed by atoms with Crippen LogP contribution in [0.5, 0.6) is 0 Å². The van der Waals surface area contributed by atoms with Crippen LogP contribution in [-0.4, -0.2) is 18.0 Å². The van der Waals surface area contributed by atoms with Crippen LogP contribution in [0.3, 0.4) is 0 Å². The lowest BCUT2D eigenvalue weighted by atomic mass is 10.2. The van der Waals surface area contributed by atoms with Crippen molar-refractivity contribution in [3.63, 3.8) is 0 Å². The Bertz CT molecular complexity index is 377. The maximum absolute atomic E-state index is 5.52. The average molecular weight is 202 g/mol. The summed E-state index contributed by atoms with van der Waals surface area (Å²) in [6.45, 7) is 3.94. The van der Waals surface area contributed by atoms with Crippen molar-refractivity contribution in [1.29, 1.82) is 0 Å². The number of nitrogens with zero attached hydrogens (tertiary/aromatic N) is 2. The average Bonchev–Trinajstić information content (AvgIpc) is 2.59. The maximum atomic E-state index is 5.52. The van der Waals surface area contributed by atoms with Crippen molar-refractivity contribution >= 4 is 29.7 Å². The van der Waals surface area contributed by atoms with Gasteiger partial charge in [0.05, 0.1) is 4.91 Å². The van der Waals surface area contributed by atoms with Crippen LogP contribution in [0.25, 0.3) is 5.57 Å². The highest BCUT2D eigenvalue weighted by molar-refractivity contribution is 7.20. The van der Waals surface area contributed by atoms with E-state index in [4.69, 9.17) is 7.85 Å². The van der Waals surface area contributed by atoms with E-state index >= 15 is 0 Å². The fourth-order valence-corrected chi connectivity index (χ4v) is 1.54. The molecule has 0 atom stereocenters. The molecule has 0 aliphatic heterocycles. The van der Waals surface area contributed by atoms with Gasteiger partial charge >= 0.3 is 0 Å². The van der Waals surface area contributed by atoms with Gasteiger partial charge in [0.2, 0.25) is 0 Å². The molecule has 0 amide bonds. The van der Waals surface area contributed by atoms with E-state index in [1.165, 1.54) is 11.3 Å². The van der Waals surface area contributed by atoms with Crippen molar-refractivity contribution in [3.05, 3.63) is 35.4 Å². The highest BCUT2D eigenvalue weighted by Gasteiger charge is 2.02. The van der Waals surface area contributed by atoms with Gasteiger partial charge in [-0.05, 0) is 13.8 Å². The van der Waals surface area contributed by atoms with Crippen LogP contribution >= 0.6 is 11.3 Å². The lowest BCUT2D eigenvalue weighted by Crippen LogP contribution is -1.97. The second-order valence-corrected chi connectivity index (χ2v) is 3.60. The van der Waals surface area contributed by atoms with Crippen molar-refractivity contribution in [3.8, 4) is 0 Å². The molecule has 1 rings (SSSR count). The highest BCUT2D eigenvalue weighted by atomic mass is 32.1. The summed E-state index contributed by atoms with van der Waals surface area (Å²) >= 11 is 1.39. The van der Waals surface area contributed by atoms with E-state index in [0.717, 1.165) is 10.6 Å². The molecular weight excluding hydrogens is 191 g/mol. The van der Waals surface area contributed by atoms with Gasteiger partial charge in [0.1, 0.15) is 5.01 Å². The van der Waals surface area contributed by atoms with E-state index in [2.05, 4.69) is 10.2 Å². The van der Waals surface area contributed by atoms with E-state index in [1.54, 1.807) is 0 Å². The molecule has 14 heavy (non-hydrogen) atoms. The number of allylic oxidation sites excluding steroid dienone is 6. The van der Waals surface area contributed by atoms with Crippen LogP contribution < -0.4 is 4.91 Å². The number of rotatable bonds is 3. The molecule has 0 spiro atoms. The Balaban J connectivity index is 2.99. The first-order valence-corrected chi connectivity index (χ1v) is 5.14. The minimum Gasteiger partial charge on any atom is -0.155 e. The van der Waals surface area contributed by atoms with Gasteiger partial charge in [0, 0.05) is 5.57 Å². The summed E-state index contributed by atoms with van der Waals surface area (Å²) in [7, 11) is 5.52. The predicted molar refractivity (Wildman–Crippen MR) is 62.9 cm³/mol. The zero-order valence-corrected chi connectivity index (χ0v) is 9.08. The van der Waals surface area contributed by atoms with Gasteiger partial charge < -0.3 is 0 Å². The summed E-state index contributed by atoms with van der Waals surface area (Å²) in [6, 6.07) is 0. The van der Waals surface area contributed by atoms with Crippen LogP contribution in [0.4, 0.5) is 0 Å². The third-order valence-corrected chi connectivity index (χ3v) is 2.30. The van der Waals surface area contributed by atoms with Gasteiger partial charge in [-0.1, -0.05) is 30.4 Å². The molecule has 70 valence electrons. The van der Waals surface area contributed by atoms with E-state index in [-0.39, 0.29) is 0 Å². The first-order valence-electron chi connectivity index (χ1n) is 4.33. The van der Waals surface area contributed by atoms with E-state index in [0.29, 0.717) is 4.91 Å². The Morgan fingerprint density at radius 3 is 2.57 bits per heavy atom. The van der Waals surface area contributed by atoms with Gasteiger partial charge in [0.15, 0.2) is 7.85 Å². The Morgan fingerprint density at radius 1 is 1.29 bits per heavy atom. The zero-order chi connectivity index (χ0) is 10.4. The van der Waals surface area contributed by atoms with E-state index < -0.39 is 0 Å².